The number of ether oxygens (including phenoxy) is 1. The zero-order valence-electron chi connectivity index (χ0n) is 16.1. The molecule has 3 aromatic carbocycles. The van der Waals surface area contributed by atoms with Crippen molar-refractivity contribution < 1.29 is 9.53 Å². The first kappa shape index (κ1) is 18.7. The number of aryl methyl sites for hydroxylation is 3. The molecule has 0 aromatic heterocycles. The standard InChI is InChI=1S/C24H25NO2/c1-4-19-7-5-6-18(3)24(19)25-23(26)16-27-22-14-12-21(13-15-22)20-10-8-17(2)9-11-20/h5-15H,4,16H2,1-3H3,(H,25,26). The number of anilines is 1. The van der Waals surface area contributed by atoms with Gasteiger partial charge in [-0.15, -0.1) is 0 Å². The minimum absolute atomic E-state index is 0.0125. The molecule has 0 fully saturated rings. The molecule has 1 amide bonds. The second-order valence-corrected chi connectivity index (χ2v) is 6.69. The summed E-state index contributed by atoms with van der Waals surface area (Å²) >= 11 is 0. The molecule has 3 nitrogen and oxygen atoms in total. The highest BCUT2D eigenvalue weighted by Gasteiger charge is 2.09. The van der Waals surface area contributed by atoms with E-state index in [2.05, 4.69) is 43.4 Å². The monoisotopic (exact) mass is 359 g/mol. The second kappa shape index (κ2) is 8.54. The second-order valence-electron chi connectivity index (χ2n) is 6.69. The Morgan fingerprint density at radius 1 is 0.889 bits per heavy atom. The average molecular weight is 359 g/mol. The first-order valence-electron chi connectivity index (χ1n) is 9.25. The molecule has 0 aliphatic carbocycles. The molecule has 138 valence electrons. The highest BCUT2D eigenvalue weighted by atomic mass is 16.5. The SMILES string of the molecule is CCc1cccc(C)c1NC(=O)COc1ccc(-c2ccc(C)cc2)cc1. The van der Waals surface area contributed by atoms with Gasteiger partial charge in [-0.1, -0.05) is 67.1 Å². The number of para-hydroxylation sites is 1. The highest BCUT2D eigenvalue weighted by Crippen LogP contribution is 2.23. The summed E-state index contributed by atoms with van der Waals surface area (Å²) in [6.07, 6.45) is 0.874. The molecule has 0 saturated heterocycles. The predicted octanol–water partition coefficient (Wildman–Crippen LogP) is 5.55. The fourth-order valence-electron chi connectivity index (χ4n) is 3.02. The van der Waals surface area contributed by atoms with Crippen molar-refractivity contribution in [2.45, 2.75) is 27.2 Å². The Hall–Kier alpha value is -3.07. The predicted molar refractivity (Wildman–Crippen MR) is 111 cm³/mol. The Morgan fingerprint density at radius 2 is 1.52 bits per heavy atom. The summed E-state index contributed by atoms with van der Waals surface area (Å²) in [7, 11) is 0. The molecule has 0 aliphatic heterocycles. The van der Waals surface area contributed by atoms with E-state index in [4.69, 9.17) is 4.74 Å². The van der Waals surface area contributed by atoms with Gasteiger partial charge < -0.3 is 10.1 Å². The van der Waals surface area contributed by atoms with E-state index < -0.39 is 0 Å². The van der Waals surface area contributed by atoms with E-state index in [0.717, 1.165) is 34.4 Å². The zero-order chi connectivity index (χ0) is 19.2. The largest absolute Gasteiger partial charge is 0.484 e. The minimum Gasteiger partial charge on any atom is -0.484 e. The fourth-order valence-corrected chi connectivity index (χ4v) is 3.02. The van der Waals surface area contributed by atoms with Crippen LogP contribution in [0.1, 0.15) is 23.6 Å². The van der Waals surface area contributed by atoms with Gasteiger partial charge in [0.05, 0.1) is 0 Å². The summed E-state index contributed by atoms with van der Waals surface area (Å²) in [5.74, 6) is 0.531. The summed E-state index contributed by atoms with van der Waals surface area (Å²) in [6.45, 7) is 6.14. The molecule has 0 aliphatic rings. The van der Waals surface area contributed by atoms with Crippen LogP contribution in [0, 0.1) is 13.8 Å². The Morgan fingerprint density at radius 3 is 2.15 bits per heavy atom. The Bertz CT molecular complexity index is 912. The van der Waals surface area contributed by atoms with E-state index in [0.29, 0.717) is 5.75 Å². The molecule has 27 heavy (non-hydrogen) atoms. The van der Waals surface area contributed by atoms with Crippen molar-refractivity contribution in [2.24, 2.45) is 0 Å². The van der Waals surface area contributed by atoms with Crippen LogP contribution in [-0.4, -0.2) is 12.5 Å². The maximum atomic E-state index is 12.3. The molecule has 0 atom stereocenters. The normalized spacial score (nSPS) is 10.5. The van der Waals surface area contributed by atoms with Crippen LogP contribution in [-0.2, 0) is 11.2 Å². The van der Waals surface area contributed by atoms with Crippen LogP contribution in [0.15, 0.2) is 66.7 Å². The van der Waals surface area contributed by atoms with Crippen molar-refractivity contribution >= 4 is 11.6 Å². The topological polar surface area (TPSA) is 38.3 Å². The van der Waals surface area contributed by atoms with E-state index in [1.807, 2.05) is 49.4 Å². The third kappa shape index (κ3) is 4.76. The molecule has 3 rings (SSSR count). The van der Waals surface area contributed by atoms with Gasteiger partial charge in [-0.2, -0.15) is 0 Å². The summed E-state index contributed by atoms with van der Waals surface area (Å²) in [5, 5.41) is 2.98. The Labute approximate surface area is 161 Å². The fraction of sp³-hybridized carbons (Fsp3) is 0.208. The van der Waals surface area contributed by atoms with Crippen LogP contribution >= 0.6 is 0 Å². The zero-order valence-corrected chi connectivity index (χ0v) is 16.1. The van der Waals surface area contributed by atoms with Crippen molar-refractivity contribution in [2.75, 3.05) is 11.9 Å². The number of hydrogen-bond donors (Lipinski definition) is 1. The lowest BCUT2D eigenvalue weighted by Crippen LogP contribution is -2.21. The maximum Gasteiger partial charge on any atom is 0.262 e. The van der Waals surface area contributed by atoms with Gasteiger partial charge in [0.15, 0.2) is 6.61 Å². The van der Waals surface area contributed by atoms with Gasteiger partial charge in [-0.3, -0.25) is 4.79 Å². The number of amides is 1. The van der Waals surface area contributed by atoms with Gasteiger partial charge in [0.1, 0.15) is 5.75 Å². The molecule has 0 saturated carbocycles. The van der Waals surface area contributed by atoms with Crippen molar-refractivity contribution in [1.29, 1.82) is 0 Å². The smallest absolute Gasteiger partial charge is 0.262 e. The number of hydrogen-bond acceptors (Lipinski definition) is 2. The van der Waals surface area contributed by atoms with Gasteiger partial charge in [0.2, 0.25) is 0 Å². The lowest BCUT2D eigenvalue weighted by Gasteiger charge is -2.13. The number of benzene rings is 3. The van der Waals surface area contributed by atoms with Crippen molar-refractivity contribution in [3.8, 4) is 16.9 Å². The Balaban J connectivity index is 1.60. The number of carbonyl (C=O) groups is 1. The quantitative estimate of drug-likeness (QED) is 0.626. The summed E-state index contributed by atoms with van der Waals surface area (Å²) in [6, 6.07) is 22.3. The molecule has 0 bridgehead atoms. The summed E-state index contributed by atoms with van der Waals surface area (Å²) in [4.78, 5) is 12.3. The van der Waals surface area contributed by atoms with E-state index in [1.54, 1.807) is 0 Å². The molecular weight excluding hydrogens is 334 g/mol. The van der Waals surface area contributed by atoms with E-state index in [-0.39, 0.29) is 12.5 Å². The molecule has 3 heteroatoms. The average Bonchev–Trinajstić information content (AvgIpc) is 2.69. The van der Waals surface area contributed by atoms with Crippen LogP contribution in [0.4, 0.5) is 5.69 Å². The van der Waals surface area contributed by atoms with Gasteiger partial charge in [0, 0.05) is 5.69 Å². The third-order valence-electron chi connectivity index (χ3n) is 4.61. The molecule has 0 spiro atoms. The molecule has 0 radical (unpaired) electrons. The van der Waals surface area contributed by atoms with Crippen LogP contribution in [0.25, 0.3) is 11.1 Å². The first-order chi connectivity index (χ1) is 13.1. The molecular formula is C24H25NO2. The summed E-state index contributed by atoms with van der Waals surface area (Å²) < 4.78 is 5.65. The number of nitrogens with one attached hydrogen (secondary N) is 1. The Kier molecular flexibility index (Phi) is 5.92. The van der Waals surface area contributed by atoms with Crippen molar-refractivity contribution in [3.63, 3.8) is 0 Å². The first-order valence-corrected chi connectivity index (χ1v) is 9.25. The van der Waals surface area contributed by atoms with Crippen molar-refractivity contribution in [3.05, 3.63) is 83.4 Å². The van der Waals surface area contributed by atoms with Crippen LogP contribution in [0.3, 0.4) is 0 Å². The van der Waals surface area contributed by atoms with Crippen LogP contribution in [0.5, 0.6) is 5.75 Å². The van der Waals surface area contributed by atoms with Crippen molar-refractivity contribution in [1.82, 2.24) is 0 Å². The maximum absolute atomic E-state index is 12.3. The van der Waals surface area contributed by atoms with Gasteiger partial charge in [-0.05, 0) is 54.7 Å². The van der Waals surface area contributed by atoms with Crippen LogP contribution < -0.4 is 10.1 Å². The lowest BCUT2D eigenvalue weighted by atomic mass is 10.0. The van der Waals surface area contributed by atoms with Gasteiger partial charge in [-0.25, -0.2) is 0 Å². The van der Waals surface area contributed by atoms with E-state index >= 15 is 0 Å². The van der Waals surface area contributed by atoms with Crippen LogP contribution in [0.2, 0.25) is 0 Å². The number of carbonyl (C=O) groups excluding carboxylic acids is 1. The van der Waals surface area contributed by atoms with Gasteiger partial charge >= 0.3 is 0 Å². The highest BCUT2D eigenvalue weighted by molar-refractivity contribution is 5.93. The molecule has 1 N–H and O–H groups in total. The number of rotatable bonds is 6. The third-order valence-corrected chi connectivity index (χ3v) is 4.61. The molecule has 3 aromatic rings. The van der Waals surface area contributed by atoms with E-state index in [9.17, 15) is 4.79 Å². The van der Waals surface area contributed by atoms with E-state index in [1.165, 1.54) is 5.56 Å². The minimum atomic E-state index is -0.151. The van der Waals surface area contributed by atoms with Gasteiger partial charge in [0.25, 0.3) is 5.91 Å². The molecule has 0 unspecified atom stereocenters. The molecule has 0 heterocycles. The lowest BCUT2D eigenvalue weighted by molar-refractivity contribution is -0.118. The summed E-state index contributed by atoms with van der Waals surface area (Å²) in [5.41, 5.74) is 6.61.